The summed E-state index contributed by atoms with van der Waals surface area (Å²) in [6.45, 7) is 2.39. The van der Waals surface area contributed by atoms with Crippen molar-refractivity contribution in [3.05, 3.63) is 216 Å². The summed E-state index contributed by atoms with van der Waals surface area (Å²) in [6.07, 6.45) is 9.18. The first-order valence-corrected chi connectivity index (χ1v) is 19.3. The maximum atomic E-state index is 3.89. The van der Waals surface area contributed by atoms with Gasteiger partial charge in [0.2, 0.25) is 0 Å². The number of fused-ring (bicyclic) bond motifs is 10. The van der Waals surface area contributed by atoms with Gasteiger partial charge in [0, 0.05) is 43.4 Å². The molecule has 2 atom stereocenters. The van der Waals surface area contributed by atoms with Crippen LogP contribution in [0.5, 0.6) is 0 Å². The molecule has 3 heteroatoms. The van der Waals surface area contributed by atoms with Crippen molar-refractivity contribution in [2.75, 3.05) is 5.32 Å². The lowest BCUT2D eigenvalue weighted by molar-refractivity contribution is 0.621. The van der Waals surface area contributed by atoms with E-state index < -0.39 is 5.41 Å². The molecule has 0 fully saturated rings. The van der Waals surface area contributed by atoms with Gasteiger partial charge in [-0.25, -0.2) is 0 Å². The largest absolute Gasteiger partial charge is 0.355 e. The molecule has 7 aromatic carbocycles. The van der Waals surface area contributed by atoms with Gasteiger partial charge in [0.1, 0.15) is 0 Å². The number of anilines is 2. The first kappa shape index (κ1) is 30.6. The van der Waals surface area contributed by atoms with Crippen LogP contribution < -0.4 is 5.32 Å². The number of benzene rings is 7. The van der Waals surface area contributed by atoms with Gasteiger partial charge in [0.15, 0.2) is 0 Å². The number of nitrogens with zero attached hydrogens (tertiary/aromatic N) is 1. The smallest absolute Gasteiger partial charge is 0.0714 e. The topological polar surface area (TPSA) is 17.0 Å². The highest BCUT2D eigenvalue weighted by atomic mass is 32.2. The molecule has 2 heterocycles. The zero-order valence-electron chi connectivity index (χ0n) is 29.3. The maximum absolute atomic E-state index is 3.89. The molecule has 0 radical (unpaired) electrons. The third-order valence-corrected chi connectivity index (χ3v) is 13.5. The molecule has 53 heavy (non-hydrogen) atoms. The normalized spacial score (nSPS) is 18.8. The van der Waals surface area contributed by atoms with Gasteiger partial charge < -0.3 is 9.88 Å². The zero-order valence-corrected chi connectivity index (χ0v) is 30.1. The summed E-state index contributed by atoms with van der Waals surface area (Å²) in [6, 6.07) is 60.4. The fourth-order valence-corrected chi connectivity index (χ4v) is 11.1. The Labute approximate surface area is 314 Å². The van der Waals surface area contributed by atoms with Crippen LogP contribution in [0.25, 0.3) is 38.6 Å². The van der Waals surface area contributed by atoms with E-state index in [-0.39, 0.29) is 5.41 Å². The Morgan fingerprint density at radius 3 is 1.98 bits per heavy atom. The van der Waals surface area contributed by atoms with E-state index in [9.17, 15) is 0 Å². The standard InChI is InChI=1S/C50H36N2S/c1-49-30-14-13-23-46(49)53-48-42(49)27-29-45-47(48)40-31-35(25-28-44(40)52(45)37-19-9-4-10-20-37)51-36-24-26-39-38-21-11-12-22-41(38)50(43(39)32-36,33-15-5-2-6-16-33)34-17-7-3-8-18-34/h2-32,46,51H,1H3. The number of para-hydroxylation sites is 1. The molecule has 3 aliphatic rings. The average molecular weight is 697 g/mol. The van der Waals surface area contributed by atoms with Crippen molar-refractivity contribution in [2.45, 2.75) is 27.9 Å². The third-order valence-electron chi connectivity index (χ3n) is 11.9. The van der Waals surface area contributed by atoms with E-state index in [1.54, 1.807) is 0 Å². The number of nitrogens with one attached hydrogen (secondary N) is 1. The molecule has 0 amide bonds. The van der Waals surface area contributed by atoms with Crippen LogP contribution in [0.2, 0.25) is 0 Å². The van der Waals surface area contributed by atoms with Crippen molar-refractivity contribution in [1.82, 2.24) is 4.57 Å². The van der Waals surface area contributed by atoms with Crippen LogP contribution in [0.3, 0.4) is 0 Å². The number of hydrogen-bond acceptors (Lipinski definition) is 2. The summed E-state index contributed by atoms with van der Waals surface area (Å²) in [4.78, 5) is 1.40. The van der Waals surface area contributed by atoms with Gasteiger partial charge >= 0.3 is 0 Å². The second kappa shape index (κ2) is 11.5. The second-order valence-electron chi connectivity index (χ2n) is 14.7. The highest BCUT2D eigenvalue weighted by molar-refractivity contribution is 8.00. The molecule has 252 valence electrons. The summed E-state index contributed by atoms with van der Waals surface area (Å²) < 4.78 is 2.44. The van der Waals surface area contributed by atoms with Crippen LogP contribution in [0.15, 0.2) is 193 Å². The highest BCUT2D eigenvalue weighted by Crippen LogP contribution is 2.58. The second-order valence-corrected chi connectivity index (χ2v) is 15.9. The first-order chi connectivity index (χ1) is 26.1. The van der Waals surface area contributed by atoms with E-state index in [0.29, 0.717) is 5.25 Å². The minimum atomic E-state index is -0.438. The number of rotatable bonds is 5. The molecule has 8 aromatic rings. The predicted octanol–water partition coefficient (Wildman–Crippen LogP) is 12.7. The first-order valence-electron chi connectivity index (χ1n) is 18.5. The van der Waals surface area contributed by atoms with Crippen molar-refractivity contribution >= 4 is 44.9 Å². The Bertz CT molecular complexity index is 2760. The maximum Gasteiger partial charge on any atom is 0.0714 e. The van der Waals surface area contributed by atoms with Crippen molar-refractivity contribution in [1.29, 1.82) is 0 Å². The van der Waals surface area contributed by atoms with Crippen molar-refractivity contribution < 1.29 is 0 Å². The Balaban J connectivity index is 1.10. The molecule has 1 aliphatic heterocycles. The van der Waals surface area contributed by atoms with Gasteiger partial charge in [-0.15, -0.1) is 11.8 Å². The molecular formula is C50H36N2S. The van der Waals surface area contributed by atoms with Gasteiger partial charge in [0.05, 0.1) is 16.4 Å². The van der Waals surface area contributed by atoms with Crippen LogP contribution in [0, 0.1) is 0 Å². The van der Waals surface area contributed by atoms with Gasteiger partial charge in [-0.3, -0.25) is 0 Å². The van der Waals surface area contributed by atoms with Gasteiger partial charge in [-0.05, 0) is 87.5 Å². The Morgan fingerprint density at radius 1 is 0.566 bits per heavy atom. The molecule has 1 N–H and O–H groups in total. The van der Waals surface area contributed by atoms with E-state index in [1.807, 2.05) is 11.8 Å². The Kier molecular flexibility index (Phi) is 6.63. The van der Waals surface area contributed by atoms with E-state index in [2.05, 4.69) is 205 Å². The monoisotopic (exact) mass is 696 g/mol. The molecule has 0 spiro atoms. The summed E-state index contributed by atoms with van der Waals surface area (Å²) >= 11 is 2.01. The van der Waals surface area contributed by atoms with Gasteiger partial charge in [-0.2, -0.15) is 0 Å². The molecule has 2 nitrogen and oxygen atoms in total. The molecule has 0 bridgehead atoms. The summed E-state index contributed by atoms with van der Waals surface area (Å²) in [7, 11) is 0. The SMILES string of the molecule is CC12C=CC=CC1Sc1c2ccc2c1c1cc(Nc3ccc4c(c3)C(c3ccccc3)(c3ccccc3)c3ccccc3-4)ccc1n2-c1ccccc1. The van der Waals surface area contributed by atoms with E-state index in [1.165, 1.54) is 71.3 Å². The molecule has 1 aromatic heterocycles. The quantitative estimate of drug-likeness (QED) is 0.193. The molecular weight excluding hydrogens is 661 g/mol. The van der Waals surface area contributed by atoms with Crippen LogP contribution in [0.4, 0.5) is 11.4 Å². The lowest BCUT2D eigenvalue weighted by Crippen LogP contribution is -2.28. The zero-order chi connectivity index (χ0) is 35.1. The Morgan fingerprint density at radius 2 is 1.21 bits per heavy atom. The summed E-state index contributed by atoms with van der Waals surface area (Å²) in [5.74, 6) is 0. The third kappa shape index (κ3) is 4.29. The minimum absolute atomic E-state index is 0.0219. The predicted molar refractivity (Wildman–Crippen MR) is 223 cm³/mol. The number of hydrogen-bond donors (Lipinski definition) is 1. The van der Waals surface area contributed by atoms with Crippen molar-refractivity contribution in [3.8, 4) is 16.8 Å². The van der Waals surface area contributed by atoms with Crippen LogP contribution in [0.1, 0.15) is 34.7 Å². The number of allylic oxidation sites excluding steroid dienone is 3. The van der Waals surface area contributed by atoms with Crippen molar-refractivity contribution in [3.63, 3.8) is 0 Å². The fraction of sp³-hybridized carbons (Fsp3) is 0.0800. The summed E-state index contributed by atoms with van der Waals surface area (Å²) in [5.41, 5.74) is 14.5. The molecule has 2 aliphatic carbocycles. The minimum Gasteiger partial charge on any atom is -0.355 e. The average Bonchev–Trinajstić information content (AvgIpc) is 3.82. The van der Waals surface area contributed by atoms with Crippen LogP contribution in [-0.4, -0.2) is 9.82 Å². The van der Waals surface area contributed by atoms with E-state index in [0.717, 1.165) is 11.4 Å². The van der Waals surface area contributed by atoms with Crippen LogP contribution in [-0.2, 0) is 10.8 Å². The van der Waals surface area contributed by atoms with Gasteiger partial charge in [0.25, 0.3) is 0 Å². The molecule has 0 saturated carbocycles. The lowest BCUT2D eigenvalue weighted by Gasteiger charge is -2.34. The van der Waals surface area contributed by atoms with Gasteiger partial charge in [-0.1, -0.05) is 146 Å². The molecule has 11 rings (SSSR count). The Hall–Kier alpha value is -6.03. The number of aromatic nitrogens is 1. The van der Waals surface area contributed by atoms with Crippen molar-refractivity contribution in [2.24, 2.45) is 0 Å². The lowest BCUT2D eigenvalue weighted by atomic mass is 9.67. The fourth-order valence-electron chi connectivity index (χ4n) is 9.50. The van der Waals surface area contributed by atoms with E-state index in [4.69, 9.17) is 0 Å². The highest BCUT2D eigenvalue weighted by Gasteiger charge is 2.46. The summed E-state index contributed by atoms with van der Waals surface area (Å²) in [5, 5.41) is 6.88. The number of thioether (sulfide) groups is 1. The van der Waals surface area contributed by atoms with E-state index >= 15 is 0 Å². The van der Waals surface area contributed by atoms with Crippen LogP contribution >= 0.6 is 11.8 Å². The molecule has 2 unspecified atom stereocenters. The molecule has 0 saturated heterocycles.